The van der Waals surface area contributed by atoms with Crippen LogP contribution in [0.1, 0.15) is 42.5 Å². The molecule has 0 aliphatic rings. The molecule has 3 aromatic heterocycles. The van der Waals surface area contributed by atoms with E-state index in [0.29, 0.717) is 21.5 Å². The first kappa shape index (κ1) is 28.2. The van der Waals surface area contributed by atoms with Crippen molar-refractivity contribution in [2.24, 2.45) is 0 Å². The molecule has 2 aromatic carbocycles. The Kier molecular flexibility index (Phi) is 7.80. The highest BCUT2D eigenvalue weighted by atomic mass is 32.1. The summed E-state index contributed by atoms with van der Waals surface area (Å²) in [4.78, 5) is 63.7. The Balaban J connectivity index is 1.33. The molecule has 0 unspecified atom stereocenters. The van der Waals surface area contributed by atoms with Crippen LogP contribution in [-0.4, -0.2) is 39.0 Å². The smallest absolute Gasteiger partial charge is 0.412 e. The van der Waals surface area contributed by atoms with Crippen molar-refractivity contribution in [2.75, 3.05) is 12.4 Å². The highest BCUT2D eigenvalue weighted by Gasteiger charge is 2.19. The lowest BCUT2D eigenvalue weighted by molar-refractivity contribution is 0.0953. The number of aryl methyl sites for hydroxylation is 1. The van der Waals surface area contributed by atoms with E-state index in [4.69, 9.17) is 4.52 Å². The molecule has 0 bridgehead atoms. The van der Waals surface area contributed by atoms with Crippen molar-refractivity contribution < 1.29 is 28.0 Å². The van der Waals surface area contributed by atoms with E-state index in [-0.39, 0.29) is 40.9 Å². The van der Waals surface area contributed by atoms with Crippen molar-refractivity contribution in [3.63, 3.8) is 0 Å². The Labute approximate surface area is 240 Å². The first-order valence-electron chi connectivity index (χ1n) is 12.4. The summed E-state index contributed by atoms with van der Waals surface area (Å²) in [6.07, 6.45) is 0.614. The third-order valence-corrected chi connectivity index (χ3v) is 7.50. The number of carbonyl (C=O) groups is 3. The van der Waals surface area contributed by atoms with Gasteiger partial charge in [0.25, 0.3) is 11.5 Å². The molecule has 0 spiro atoms. The van der Waals surface area contributed by atoms with Crippen molar-refractivity contribution in [2.45, 2.75) is 20.0 Å². The lowest BCUT2D eigenvalue weighted by Crippen LogP contribution is -2.38. The van der Waals surface area contributed by atoms with Gasteiger partial charge in [0.15, 0.2) is 5.82 Å². The summed E-state index contributed by atoms with van der Waals surface area (Å²) in [5.74, 6) is -1.42. The molecule has 0 atom stereocenters. The van der Waals surface area contributed by atoms with E-state index >= 15 is 0 Å². The van der Waals surface area contributed by atoms with Gasteiger partial charge >= 0.3 is 11.8 Å². The minimum Gasteiger partial charge on any atom is -0.453 e. The number of carbonyl (C=O) groups excluding carboxylic acids is 3. The molecule has 2 amide bonds. The molecule has 2 N–H and O–H groups in total. The van der Waals surface area contributed by atoms with Gasteiger partial charge < -0.3 is 14.6 Å². The van der Waals surface area contributed by atoms with E-state index in [0.717, 1.165) is 15.9 Å². The van der Waals surface area contributed by atoms with E-state index in [9.17, 15) is 28.4 Å². The van der Waals surface area contributed by atoms with Crippen LogP contribution < -0.4 is 21.9 Å². The molecule has 0 aliphatic carbocycles. The van der Waals surface area contributed by atoms with Gasteiger partial charge in [-0.05, 0) is 30.2 Å². The van der Waals surface area contributed by atoms with E-state index in [1.54, 1.807) is 31.2 Å². The zero-order chi connectivity index (χ0) is 30.0. The fourth-order valence-corrected chi connectivity index (χ4v) is 5.07. The highest BCUT2D eigenvalue weighted by Crippen LogP contribution is 2.19. The zero-order valence-electron chi connectivity index (χ0n) is 22.2. The topological polar surface area (TPSA) is 154 Å². The summed E-state index contributed by atoms with van der Waals surface area (Å²) in [5, 5.41) is 8.61. The second kappa shape index (κ2) is 11.6. The number of ketones is 1. The summed E-state index contributed by atoms with van der Waals surface area (Å²) < 4.78 is 24.9. The number of ether oxygens (including phenoxy) is 1. The van der Waals surface area contributed by atoms with Crippen molar-refractivity contribution in [3.8, 4) is 0 Å². The standard InChI is InChI=1S/C28H22FN5O7S/c1-15-25(37)33(13-17-3-7-18(8-4-17)23(35)20-11-22(32-41-20)31-27(38)40-2)28(39)34-14-21(42-26(15)34)24(36)30-12-16-5-9-19(29)10-6-16/h3-11,14H,12-13H2,1-2H3,(H,30,36)(H,31,32,38). The van der Waals surface area contributed by atoms with E-state index in [2.05, 4.69) is 20.5 Å². The number of benzene rings is 2. The van der Waals surface area contributed by atoms with Crippen molar-refractivity contribution in [1.82, 2.24) is 19.4 Å². The zero-order valence-corrected chi connectivity index (χ0v) is 23.0. The lowest BCUT2D eigenvalue weighted by atomic mass is 10.1. The van der Waals surface area contributed by atoms with Gasteiger partial charge in [-0.1, -0.05) is 41.6 Å². The number of rotatable bonds is 8. The molecule has 42 heavy (non-hydrogen) atoms. The second-order valence-corrected chi connectivity index (χ2v) is 10.1. The maximum absolute atomic E-state index is 13.3. The van der Waals surface area contributed by atoms with Crippen LogP contribution in [-0.2, 0) is 17.8 Å². The molecule has 0 aliphatic heterocycles. The maximum Gasteiger partial charge on any atom is 0.412 e. The van der Waals surface area contributed by atoms with Crippen LogP contribution in [0.25, 0.3) is 4.83 Å². The number of fused-ring (bicyclic) bond motifs is 1. The number of methoxy groups -OCH3 is 1. The Hall–Kier alpha value is -5.37. The van der Waals surface area contributed by atoms with Crippen LogP contribution in [0, 0.1) is 12.7 Å². The molecule has 0 fully saturated rings. The Morgan fingerprint density at radius 1 is 1.05 bits per heavy atom. The monoisotopic (exact) mass is 591 g/mol. The fraction of sp³-hybridized carbons (Fsp3) is 0.143. The number of aromatic nitrogens is 3. The van der Waals surface area contributed by atoms with Crippen molar-refractivity contribution >= 4 is 39.8 Å². The molecule has 0 saturated heterocycles. The summed E-state index contributed by atoms with van der Waals surface area (Å²) in [6.45, 7) is 1.66. The summed E-state index contributed by atoms with van der Waals surface area (Å²) in [6, 6.07) is 13.2. The Morgan fingerprint density at radius 2 is 1.74 bits per heavy atom. The van der Waals surface area contributed by atoms with Gasteiger partial charge in [-0.25, -0.2) is 14.0 Å². The lowest BCUT2D eigenvalue weighted by Gasteiger charge is -2.08. The summed E-state index contributed by atoms with van der Waals surface area (Å²) in [5.41, 5.74) is 0.695. The third-order valence-electron chi connectivity index (χ3n) is 6.29. The predicted octanol–water partition coefficient (Wildman–Crippen LogP) is 3.35. The molecular weight excluding hydrogens is 569 g/mol. The molecule has 5 rings (SSSR count). The van der Waals surface area contributed by atoms with E-state index in [1.807, 2.05) is 0 Å². The molecule has 3 heterocycles. The third kappa shape index (κ3) is 5.74. The van der Waals surface area contributed by atoms with E-state index in [1.165, 1.54) is 48.0 Å². The summed E-state index contributed by atoms with van der Waals surface area (Å²) >= 11 is 1.02. The van der Waals surface area contributed by atoms with Crippen LogP contribution in [0.3, 0.4) is 0 Å². The minimum atomic E-state index is -0.768. The van der Waals surface area contributed by atoms with Crippen LogP contribution in [0.4, 0.5) is 15.0 Å². The average Bonchev–Trinajstić information content (AvgIpc) is 3.66. The Bertz CT molecular complexity index is 1940. The van der Waals surface area contributed by atoms with Gasteiger partial charge in [0, 0.05) is 29.9 Å². The number of nitrogens with zero attached hydrogens (tertiary/aromatic N) is 3. The Morgan fingerprint density at radius 3 is 2.43 bits per heavy atom. The quantitative estimate of drug-likeness (QED) is 0.261. The number of thiazole rings is 1. The molecule has 0 saturated carbocycles. The van der Waals surface area contributed by atoms with Gasteiger partial charge in [-0.3, -0.25) is 28.7 Å². The van der Waals surface area contributed by atoms with Gasteiger partial charge in [0.05, 0.1) is 13.7 Å². The van der Waals surface area contributed by atoms with Gasteiger partial charge in [0.1, 0.15) is 15.5 Å². The van der Waals surface area contributed by atoms with Gasteiger partial charge in [-0.15, -0.1) is 11.3 Å². The number of amides is 2. The minimum absolute atomic E-state index is 0.00869. The normalized spacial score (nSPS) is 10.9. The number of hydrogen-bond donors (Lipinski definition) is 2. The highest BCUT2D eigenvalue weighted by molar-refractivity contribution is 7.19. The van der Waals surface area contributed by atoms with Crippen molar-refractivity contribution in [1.29, 1.82) is 0 Å². The number of hydrogen-bond acceptors (Lipinski definition) is 9. The summed E-state index contributed by atoms with van der Waals surface area (Å²) in [7, 11) is 1.18. The van der Waals surface area contributed by atoms with E-state index < -0.39 is 29.0 Å². The fourth-order valence-electron chi connectivity index (χ4n) is 4.06. The molecule has 214 valence electrons. The molecule has 0 radical (unpaired) electrons. The van der Waals surface area contributed by atoms with Gasteiger partial charge in [-0.2, -0.15) is 0 Å². The molecule has 12 nitrogen and oxygen atoms in total. The molecule has 14 heteroatoms. The molecule has 5 aromatic rings. The largest absolute Gasteiger partial charge is 0.453 e. The van der Waals surface area contributed by atoms with Crippen molar-refractivity contribution in [3.05, 3.63) is 120 Å². The van der Waals surface area contributed by atoms with Crippen LogP contribution in [0.5, 0.6) is 0 Å². The molecular formula is C28H22FN5O7S. The number of nitrogens with one attached hydrogen (secondary N) is 2. The van der Waals surface area contributed by atoms with Gasteiger partial charge in [0.2, 0.25) is 11.5 Å². The number of halogens is 1. The SMILES string of the molecule is COC(=O)Nc1cc(C(=O)c2ccc(Cn3c(=O)c(C)c4sc(C(=O)NCc5ccc(F)cc5)cn4c3=O)cc2)on1. The average molecular weight is 592 g/mol. The first-order valence-corrected chi connectivity index (χ1v) is 13.2. The second-order valence-electron chi connectivity index (χ2n) is 9.10. The van der Waals surface area contributed by atoms with Crippen LogP contribution in [0.15, 0.2) is 74.9 Å². The number of anilines is 1. The van der Waals surface area contributed by atoms with Crippen LogP contribution in [0.2, 0.25) is 0 Å². The maximum atomic E-state index is 13.3. The first-order chi connectivity index (χ1) is 20.1. The predicted molar refractivity (Wildman–Crippen MR) is 150 cm³/mol. The van der Waals surface area contributed by atoms with Crippen LogP contribution >= 0.6 is 11.3 Å².